The minimum absolute atomic E-state index is 0.282. The molecule has 0 aliphatic rings. The molecular formula is C11H25NO2. The Labute approximate surface area is 88.2 Å². The average Bonchev–Trinajstić information content (AvgIpc) is 2.17. The lowest BCUT2D eigenvalue weighted by atomic mass is 10.1. The van der Waals surface area contributed by atoms with Gasteiger partial charge >= 0.3 is 0 Å². The SMILES string of the molecule is CCCC(OCC)C(COC)NCC. The molecule has 3 heteroatoms. The van der Waals surface area contributed by atoms with Crippen molar-refractivity contribution in [2.45, 2.75) is 45.8 Å². The smallest absolute Gasteiger partial charge is 0.0750 e. The van der Waals surface area contributed by atoms with Gasteiger partial charge in [0.2, 0.25) is 0 Å². The second-order valence-corrected chi connectivity index (χ2v) is 3.40. The van der Waals surface area contributed by atoms with Gasteiger partial charge < -0.3 is 14.8 Å². The van der Waals surface area contributed by atoms with E-state index < -0.39 is 0 Å². The highest BCUT2D eigenvalue weighted by atomic mass is 16.5. The molecule has 3 nitrogen and oxygen atoms in total. The highest BCUT2D eigenvalue weighted by molar-refractivity contribution is 4.76. The van der Waals surface area contributed by atoms with Crippen LogP contribution in [0.2, 0.25) is 0 Å². The summed E-state index contributed by atoms with van der Waals surface area (Å²) in [5.74, 6) is 0. The van der Waals surface area contributed by atoms with Crippen LogP contribution in [-0.4, -0.2) is 39.0 Å². The fourth-order valence-corrected chi connectivity index (χ4v) is 1.64. The van der Waals surface area contributed by atoms with Crippen LogP contribution in [0.15, 0.2) is 0 Å². The maximum atomic E-state index is 5.71. The number of hydrogen-bond acceptors (Lipinski definition) is 3. The number of nitrogens with one attached hydrogen (secondary N) is 1. The van der Waals surface area contributed by atoms with Crippen molar-refractivity contribution in [1.82, 2.24) is 5.32 Å². The van der Waals surface area contributed by atoms with Crippen molar-refractivity contribution in [3.05, 3.63) is 0 Å². The third kappa shape index (κ3) is 5.58. The molecule has 0 spiro atoms. The van der Waals surface area contributed by atoms with E-state index in [1.807, 2.05) is 6.92 Å². The third-order valence-electron chi connectivity index (χ3n) is 2.22. The number of likely N-dealkylation sites (N-methyl/N-ethyl adjacent to an activating group) is 1. The summed E-state index contributed by atoms with van der Waals surface area (Å²) in [4.78, 5) is 0. The predicted octanol–water partition coefficient (Wildman–Crippen LogP) is 1.82. The molecule has 0 aromatic rings. The van der Waals surface area contributed by atoms with Crippen LogP contribution in [0.3, 0.4) is 0 Å². The first-order valence-electron chi connectivity index (χ1n) is 5.63. The van der Waals surface area contributed by atoms with Gasteiger partial charge in [0.25, 0.3) is 0 Å². The van der Waals surface area contributed by atoms with Crippen LogP contribution < -0.4 is 5.32 Å². The van der Waals surface area contributed by atoms with Crippen molar-refractivity contribution in [1.29, 1.82) is 0 Å². The van der Waals surface area contributed by atoms with E-state index in [1.54, 1.807) is 7.11 Å². The van der Waals surface area contributed by atoms with Crippen LogP contribution >= 0.6 is 0 Å². The quantitative estimate of drug-likeness (QED) is 0.620. The predicted molar refractivity (Wildman–Crippen MR) is 59.7 cm³/mol. The van der Waals surface area contributed by atoms with Crippen LogP contribution in [0.25, 0.3) is 0 Å². The van der Waals surface area contributed by atoms with Gasteiger partial charge in [-0.1, -0.05) is 20.3 Å². The number of hydrogen-bond donors (Lipinski definition) is 1. The standard InChI is InChI=1S/C11H25NO2/c1-5-8-11(14-7-3)10(9-13-4)12-6-2/h10-12H,5-9H2,1-4H3. The molecule has 0 radical (unpaired) electrons. The molecule has 0 aliphatic heterocycles. The van der Waals surface area contributed by atoms with Gasteiger partial charge in [-0.05, 0) is 19.9 Å². The van der Waals surface area contributed by atoms with Gasteiger partial charge in [-0.15, -0.1) is 0 Å². The Hall–Kier alpha value is -0.120. The van der Waals surface area contributed by atoms with Crippen molar-refractivity contribution >= 4 is 0 Å². The van der Waals surface area contributed by atoms with E-state index in [2.05, 4.69) is 19.2 Å². The van der Waals surface area contributed by atoms with Crippen LogP contribution in [0, 0.1) is 0 Å². The first kappa shape index (κ1) is 13.9. The lowest BCUT2D eigenvalue weighted by molar-refractivity contribution is 0.00497. The number of ether oxygens (including phenoxy) is 2. The van der Waals surface area contributed by atoms with Gasteiger partial charge in [-0.3, -0.25) is 0 Å². The highest BCUT2D eigenvalue weighted by Crippen LogP contribution is 2.08. The Morgan fingerprint density at radius 1 is 1.21 bits per heavy atom. The molecule has 86 valence electrons. The Bertz CT molecular complexity index is 93.9. The fraction of sp³-hybridized carbons (Fsp3) is 1.00. The summed E-state index contributed by atoms with van der Waals surface area (Å²) in [7, 11) is 1.74. The van der Waals surface area contributed by atoms with E-state index >= 15 is 0 Å². The molecule has 1 N–H and O–H groups in total. The summed E-state index contributed by atoms with van der Waals surface area (Å²) in [6.07, 6.45) is 2.52. The van der Waals surface area contributed by atoms with Gasteiger partial charge in [-0.25, -0.2) is 0 Å². The molecule has 0 aliphatic carbocycles. The zero-order valence-electron chi connectivity index (χ0n) is 10.0. The summed E-state index contributed by atoms with van der Waals surface area (Å²) in [6, 6.07) is 0.324. The first-order chi connectivity index (χ1) is 6.79. The maximum absolute atomic E-state index is 5.71. The molecule has 0 amide bonds. The molecule has 0 bridgehead atoms. The summed E-state index contributed by atoms with van der Waals surface area (Å²) >= 11 is 0. The second-order valence-electron chi connectivity index (χ2n) is 3.40. The van der Waals surface area contributed by atoms with Gasteiger partial charge in [-0.2, -0.15) is 0 Å². The summed E-state index contributed by atoms with van der Waals surface area (Å²) in [5, 5.41) is 3.40. The van der Waals surface area contributed by atoms with Gasteiger partial charge in [0.1, 0.15) is 0 Å². The van der Waals surface area contributed by atoms with E-state index in [4.69, 9.17) is 9.47 Å². The van der Waals surface area contributed by atoms with Crippen molar-refractivity contribution in [2.24, 2.45) is 0 Å². The van der Waals surface area contributed by atoms with E-state index in [0.717, 1.165) is 32.6 Å². The monoisotopic (exact) mass is 203 g/mol. The van der Waals surface area contributed by atoms with Gasteiger partial charge in [0.05, 0.1) is 18.8 Å². The molecule has 0 aromatic carbocycles. The van der Waals surface area contributed by atoms with Crippen molar-refractivity contribution in [3.8, 4) is 0 Å². The molecule has 0 aromatic heterocycles. The lowest BCUT2D eigenvalue weighted by Gasteiger charge is -2.26. The van der Waals surface area contributed by atoms with Crippen LogP contribution in [0.4, 0.5) is 0 Å². The summed E-state index contributed by atoms with van der Waals surface area (Å²) < 4.78 is 10.9. The summed E-state index contributed by atoms with van der Waals surface area (Å²) in [6.45, 7) is 8.79. The molecule has 0 heterocycles. The molecule has 0 fully saturated rings. The van der Waals surface area contributed by atoms with Crippen LogP contribution in [0.5, 0.6) is 0 Å². The van der Waals surface area contributed by atoms with Crippen molar-refractivity contribution < 1.29 is 9.47 Å². The molecule has 0 rings (SSSR count). The average molecular weight is 203 g/mol. The van der Waals surface area contributed by atoms with E-state index in [-0.39, 0.29) is 6.10 Å². The zero-order valence-corrected chi connectivity index (χ0v) is 10.0. The van der Waals surface area contributed by atoms with E-state index in [0.29, 0.717) is 6.04 Å². The summed E-state index contributed by atoms with van der Waals surface area (Å²) in [5.41, 5.74) is 0. The highest BCUT2D eigenvalue weighted by Gasteiger charge is 2.19. The van der Waals surface area contributed by atoms with E-state index in [9.17, 15) is 0 Å². The maximum Gasteiger partial charge on any atom is 0.0750 e. The van der Waals surface area contributed by atoms with Gasteiger partial charge in [0.15, 0.2) is 0 Å². The topological polar surface area (TPSA) is 30.5 Å². The number of methoxy groups -OCH3 is 1. The zero-order chi connectivity index (χ0) is 10.8. The number of rotatable bonds is 9. The second kappa shape index (κ2) is 9.44. The first-order valence-corrected chi connectivity index (χ1v) is 5.63. The van der Waals surface area contributed by atoms with Gasteiger partial charge in [0, 0.05) is 13.7 Å². The molecule has 2 unspecified atom stereocenters. The molecule has 0 saturated heterocycles. The Balaban J connectivity index is 4.06. The minimum Gasteiger partial charge on any atom is -0.383 e. The van der Waals surface area contributed by atoms with Crippen molar-refractivity contribution in [3.63, 3.8) is 0 Å². The lowest BCUT2D eigenvalue weighted by Crippen LogP contribution is -2.44. The van der Waals surface area contributed by atoms with Crippen LogP contribution in [0.1, 0.15) is 33.6 Å². The Kier molecular flexibility index (Phi) is 9.35. The van der Waals surface area contributed by atoms with Crippen LogP contribution in [-0.2, 0) is 9.47 Å². The Morgan fingerprint density at radius 3 is 2.36 bits per heavy atom. The molecule has 14 heavy (non-hydrogen) atoms. The largest absolute Gasteiger partial charge is 0.383 e. The molecular weight excluding hydrogens is 178 g/mol. The van der Waals surface area contributed by atoms with E-state index in [1.165, 1.54) is 0 Å². The van der Waals surface area contributed by atoms with Crippen molar-refractivity contribution in [2.75, 3.05) is 26.9 Å². The molecule has 0 saturated carbocycles. The molecule has 2 atom stereocenters. The Morgan fingerprint density at radius 2 is 1.93 bits per heavy atom. The third-order valence-corrected chi connectivity index (χ3v) is 2.22. The minimum atomic E-state index is 0.282. The fourth-order valence-electron chi connectivity index (χ4n) is 1.64. The normalized spacial score (nSPS) is 15.4.